The molecule has 2 rings (SSSR count). The SMILES string of the molecule is CC1=N/C(=C/c2ccco2)C(=O)N1CC(C)O. The third-order valence-electron chi connectivity index (χ3n) is 2.41. The molecule has 90 valence electrons. The molecular weight excluding hydrogens is 220 g/mol. The summed E-state index contributed by atoms with van der Waals surface area (Å²) in [5.74, 6) is 0.970. The Hall–Kier alpha value is -1.88. The second kappa shape index (κ2) is 4.55. The molecule has 2 heterocycles. The number of rotatable bonds is 3. The molecule has 0 radical (unpaired) electrons. The summed E-state index contributed by atoms with van der Waals surface area (Å²) >= 11 is 0. The third-order valence-corrected chi connectivity index (χ3v) is 2.41. The first kappa shape index (κ1) is 11.6. The Morgan fingerprint density at radius 2 is 2.41 bits per heavy atom. The van der Waals surface area contributed by atoms with Gasteiger partial charge in [-0.15, -0.1) is 0 Å². The fraction of sp³-hybridized carbons (Fsp3) is 0.333. The molecule has 1 amide bonds. The van der Waals surface area contributed by atoms with E-state index in [2.05, 4.69) is 4.99 Å². The predicted octanol–water partition coefficient (Wildman–Crippen LogP) is 1.26. The molecule has 1 unspecified atom stereocenters. The topological polar surface area (TPSA) is 66.0 Å². The average Bonchev–Trinajstić information content (AvgIpc) is 2.83. The summed E-state index contributed by atoms with van der Waals surface area (Å²) in [5, 5.41) is 9.30. The molecule has 5 nitrogen and oxygen atoms in total. The van der Waals surface area contributed by atoms with Gasteiger partial charge in [-0.25, -0.2) is 4.99 Å². The number of hydrogen-bond acceptors (Lipinski definition) is 4. The minimum atomic E-state index is -0.577. The highest BCUT2D eigenvalue weighted by Crippen LogP contribution is 2.18. The van der Waals surface area contributed by atoms with E-state index in [-0.39, 0.29) is 12.5 Å². The summed E-state index contributed by atoms with van der Waals surface area (Å²) in [6.45, 7) is 3.63. The maximum absolute atomic E-state index is 12.0. The zero-order chi connectivity index (χ0) is 12.4. The van der Waals surface area contributed by atoms with Crippen molar-refractivity contribution in [1.82, 2.24) is 4.90 Å². The zero-order valence-electron chi connectivity index (χ0n) is 9.75. The number of amidine groups is 1. The van der Waals surface area contributed by atoms with Gasteiger partial charge in [0.1, 0.15) is 17.3 Å². The highest BCUT2D eigenvalue weighted by molar-refractivity contribution is 6.13. The van der Waals surface area contributed by atoms with Crippen molar-refractivity contribution in [2.24, 2.45) is 4.99 Å². The number of carbonyl (C=O) groups is 1. The molecule has 0 spiro atoms. The number of β-amino-alcohol motifs (C(OH)–C–C–N with tert-alkyl or cyclic N) is 1. The average molecular weight is 234 g/mol. The van der Waals surface area contributed by atoms with Crippen molar-refractivity contribution in [3.05, 3.63) is 29.9 Å². The summed E-state index contributed by atoms with van der Waals surface area (Å²) in [4.78, 5) is 17.6. The molecule has 0 aromatic carbocycles. The zero-order valence-corrected chi connectivity index (χ0v) is 9.75. The molecular formula is C12H14N2O3. The number of amides is 1. The Bertz CT molecular complexity index is 472. The Kier molecular flexibility index (Phi) is 3.10. The van der Waals surface area contributed by atoms with Crippen LogP contribution in [0.1, 0.15) is 19.6 Å². The molecule has 1 aliphatic heterocycles. The lowest BCUT2D eigenvalue weighted by Gasteiger charge is -2.17. The standard InChI is InChI=1S/C12H14N2O3/c1-8(15)7-14-9(2)13-11(12(14)16)6-10-4-3-5-17-10/h3-6,8,15H,7H2,1-2H3/b11-6+. The molecule has 5 heteroatoms. The number of hydrogen-bond donors (Lipinski definition) is 1. The van der Waals surface area contributed by atoms with Gasteiger partial charge in [0.2, 0.25) is 0 Å². The van der Waals surface area contributed by atoms with Crippen LogP contribution in [0.3, 0.4) is 0 Å². The van der Waals surface area contributed by atoms with Crippen LogP contribution in [-0.4, -0.2) is 34.4 Å². The quantitative estimate of drug-likeness (QED) is 0.801. The van der Waals surface area contributed by atoms with Crippen molar-refractivity contribution >= 4 is 17.8 Å². The van der Waals surface area contributed by atoms with E-state index in [0.29, 0.717) is 17.3 Å². The minimum Gasteiger partial charge on any atom is -0.465 e. The minimum absolute atomic E-state index is 0.209. The van der Waals surface area contributed by atoms with Gasteiger partial charge in [0.05, 0.1) is 18.9 Å². The monoisotopic (exact) mass is 234 g/mol. The molecule has 0 saturated heterocycles. The highest BCUT2D eigenvalue weighted by atomic mass is 16.3. The molecule has 1 atom stereocenters. The van der Waals surface area contributed by atoms with Crippen molar-refractivity contribution < 1.29 is 14.3 Å². The predicted molar refractivity (Wildman–Crippen MR) is 63.2 cm³/mol. The summed E-state index contributed by atoms with van der Waals surface area (Å²) in [6.07, 6.45) is 2.55. The van der Waals surface area contributed by atoms with Crippen LogP contribution in [0.2, 0.25) is 0 Å². The lowest BCUT2D eigenvalue weighted by molar-refractivity contribution is -0.123. The maximum atomic E-state index is 12.0. The summed E-state index contributed by atoms with van der Waals surface area (Å²) in [7, 11) is 0. The van der Waals surface area contributed by atoms with Crippen LogP contribution in [0, 0.1) is 0 Å². The molecule has 0 fully saturated rings. The van der Waals surface area contributed by atoms with Gasteiger partial charge < -0.3 is 9.52 Å². The van der Waals surface area contributed by atoms with Crippen LogP contribution in [-0.2, 0) is 4.79 Å². The van der Waals surface area contributed by atoms with Crippen molar-refractivity contribution in [2.75, 3.05) is 6.54 Å². The molecule has 1 aliphatic rings. The number of carbonyl (C=O) groups excluding carboxylic acids is 1. The van der Waals surface area contributed by atoms with Crippen LogP contribution in [0.15, 0.2) is 33.5 Å². The van der Waals surface area contributed by atoms with Gasteiger partial charge in [-0.05, 0) is 26.0 Å². The first-order valence-electron chi connectivity index (χ1n) is 5.38. The van der Waals surface area contributed by atoms with Gasteiger partial charge in [-0.1, -0.05) is 0 Å². The van der Waals surface area contributed by atoms with Crippen LogP contribution in [0.25, 0.3) is 6.08 Å². The maximum Gasteiger partial charge on any atom is 0.278 e. The largest absolute Gasteiger partial charge is 0.465 e. The Labute approximate surface area is 99.1 Å². The van der Waals surface area contributed by atoms with Crippen LogP contribution < -0.4 is 0 Å². The van der Waals surface area contributed by atoms with E-state index in [1.807, 2.05) is 0 Å². The van der Waals surface area contributed by atoms with Gasteiger partial charge in [-0.2, -0.15) is 0 Å². The fourth-order valence-electron chi connectivity index (χ4n) is 1.65. The molecule has 1 N–H and O–H groups in total. The second-order valence-electron chi connectivity index (χ2n) is 3.97. The second-order valence-corrected chi connectivity index (χ2v) is 3.97. The van der Waals surface area contributed by atoms with E-state index in [1.165, 1.54) is 11.2 Å². The Morgan fingerprint density at radius 1 is 1.65 bits per heavy atom. The van der Waals surface area contributed by atoms with Crippen LogP contribution in [0.4, 0.5) is 0 Å². The molecule has 1 aromatic heterocycles. The lowest BCUT2D eigenvalue weighted by atomic mass is 10.3. The molecule has 0 saturated carbocycles. The van der Waals surface area contributed by atoms with Crippen molar-refractivity contribution in [3.63, 3.8) is 0 Å². The van der Waals surface area contributed by atoms with Crippen molar-refractivity contribution in [1.29, 1.82) is 0 Å². The van der Waals surface area contributed by atoms with Crippen molar-refractivity contribution in [3.8, 4) is 0 Å². The van der Waals surface area contributed by atoms with E-state index in [0.717, 1.165) is 0 Å². The summed E-state index contributed by atoms with van der Waals surface area (Å²) < 4.78 is 5.13. The van der Waals surface area contributed by atoms with E-state index >= 15 is 0 Å². The third kappa shape index (κ3) is 2.45. The van der Waals surface area contributed by atoms with E-state index in [4.69, 9.17) is 4.42 Å². The smallest absolute Gasteiger partial charge is 0.278 e. The fourth-order valence-corrected chi connectivity index (χ4v) is 1.65. The van der Waals surface area contributed by atoms with Gasteiger partial charge in [0.15, 0.2) is 0 Å². The molecule has 0 aliphatic carbocycles. The van der Waals surface area contributed by atoms with Crippen LogP contribution >= 0.6 is 0 Å². The van der Waals surface area contributed by atoms with Gasteiger partial charge in [-0.3, -0.25) is 9.69 Å². The normalized spacial score (nSPS) is 19.9. The lowest BCUT2D eigenvalue weighted by Crippen LogP contribution is -2.36. The van der Waals surface area contributed by atoms with E-state index < -0.39 is 6.10 Å². The number of aliphatic imine (C=N–C) groups is 1. The van der Waals surface area contributed by atoms with Crippen molar-refractivity contribution in [2.45, 2.75) is 20.0 Å². The van der Waals surface area contributed by atoms with Gasteiger partial charge in [0, 0.05) is 6.08 Å². The summed E-state index contributed by atoms with van der Waals surface area (Å²) in [5.41, 5.74) is 0.332. The molecule has 1 aromatic rings. The van der Waals surface area contributed by atoms with E-state index in [9.17, 15) is 9.90 Å². The Balaban J connectivity index is 2.21. The first-order valence-corrected chi connectivity index (χ1v) is 5.38. The number of furan rings is 1. The number of aliphatic hydroxyl groups is 1. The summed E-state index contributed by atoms with van der Waals surface area (Å²) in [6, 6.07) is 3.50. The van der Waals surface area contributed by atoms with E-state index in [1.54, 1.807) is 32.1 Å². The number of aliphatic hydroxyl groups excluding tert-OH is 1. The first-order chi connectivity index (χ1) is 8.08. The van der Waals surface area contributed by atoms with Crippen LogP contribution in [0.5, 0.6) is 0 Å². The van der Waals surface area contributed by atoms with Gasteiger partial charge >= 0.3 is 0 Å². The molecule has 17 heavy (non-hydrogen) atoms. The number of nitrogens with zero attached hydrogens (tertiary/aromatic N) is 2. The van der Waals surface area contributed by atoms with Gasteiger partial charge in [0.25, 0.3) is 5.91 Å². The molecule has 0 bridgehead atoms. The highest BCUT2D eigenvalue weighted by Gasteiger charge is 2.28. The Morgan fingerprint density at radius 3 is 3.00 bits per heavy atom.